The molecule has 1 amide bonds. The van der Waals surface area contributed by atoms with E-state index in [0.29, 0.717) is 23.6 Å². The van der Waals surface area contributed by atoms with Crippen LogP contribution in [0, 0.1) is 12.8 Å². The third-order valence-corrected chi connectivity index (χ3v) is 4.44. The van der Waals surface area contributed by atoms with Crippen molar-refractivity contribution in [3.8, 4) is 0 Å². The van der Waals surface area contributed by atoms with Crippen LogP contribution in [0.2, 0.25) is 0 Å². The quantitative estimate of drug-likeness (QED) is 0.870. The second-order valence-electron chi connectivity index (χ2n) is 6.88. The highest BCUT2D eigenvalue weighted by atomic mass is 16.2. The number of aryl methyl sites for hydroxylation is 1. The molecule has 2 heterocycles. The van der Waals surface area contributed by atoms with E-state index in [0.717, 1.165) is 44.5 Å². The summed E-state index contributed by atoms with van der Waals surface area (Å²) in [5.41, 5.74) is 1.35. The van der Waals surface area contributed by atoms with Gasteiger partial charge in [0.15, 0.2) is 0 Å². The van der Waals surface area contributed by atoms with Gasteiger partial charge in [0.2, 0.25) is 5.95 Å². The van der Waals surface area contributed by atoms with Crippen LogP contribution in [0.3, 0.4) is 0 Å². The Bertz CT molecular complexity index is 530. The van der Waals surface area contributed by atoms with Crippen molar-refractivity contribution in [1.82, 2.24) is 14.9 Å². The first-order chi connectivity index (χ1) is 11.0. The maximum Gasteiger partial charge on any atom is 0.272 e. The predicted octanol–water partition coefficient (Wildman–Crippen LogP) is 3.65. The molecule has 1 saturated heterocycles. The van der Waals surface area contributed by atoms with E-state index in [-0.39, 0.29) is 5.91 Å². The zero-order chi connectivity index (χ0) is 16.8. The van der Waals surface area contributed by atoms with Gasteiger partial charge in [-0.25, -0.2) is 9.97 Å². The zero-order valence-corrected chi connectivity index (χ0v) is 14.9. The Balaban J connectivity index is 2.11. The standard InChI is InChI=1S/C18H30N4O/c1-5-15-8-6-7-11-22(15)17(23)16-12-14(4)20-18(21-16)19-10-9-13(2)3/h12-13,15H,5-11H2,1-4H3,(H,19,20,21). The second-order valence-corrected chi connectivity index (χ2v) is 6.88. The Morgan fingerprint density at radius 1 is 1.39 bits per heavy atom. The summed E-state index contributed by atoms with van der Waals surface area (Å²) >= 11 is 0. The molecule has 0 radical (unpaired) electrons. The lowest BCUT2D eigenvalue weighted by Gasteiger charge is -2.35. The molecule has 1 aliphatic heterocycles. The lowest BCUT2D eigenvalue weighted by Crippen LogP contribution is -2.43. The fourth-order valence-electron chi connectivity index (χ4n) is 3.07. The number of nitrogens with zero attached hydrogens (tertiary/aromatic N) is 3. The SMILES string of the molecule is CCC1CCCCN1C(=O)c1cc(C)nc(NCCC(C)C)n1. The summed E-state index contributed by atoms with van der Waals surface area (Å²) in [4.78, 5) is 23.7. The molecule has 0 aromatic carbocycles. The summed E-state index contributed by atoms with van der Waals surface area (Å²) in [5, 5.41) is 3.25. The summed E-state index contributed by atoms with van der Waals surface area (Å²) in [5.74, 6) is 1.25. The van der Waals surface area contributed by atoms with Crippen molar-refractivity contribution in [2.45, 2.75) is 65.8 Å². The monoisotopic (exact) mass is 318 g/mol. The van der Waals surface area contributed by atoms with Gasteiger partial charge < -0.3 is 10.2 Å². The molecule has 2 rings (SSSR count). The third-order valence-electron chi connectivity index (χ3n) is 4.44. The molecule has 5 nitrogen and oxygen atoms in total. The van der Waals surface area contributed by atoms with Gasteiger partial charge in [-0.1, -0.05) is 20.8 Å². The molecule has 1 aliphatic rings. The molecule has 0 spiro atoms. The highest BCUT2D eigenvalue weighted by molar-refractivity contribution is 5.93. The molecule has 128 valence electrons. The molecule has 5 heteroatoms. The molecule has 0 saturated carbocycles. The van der Waals surface area contributed by atoms with Gasteiger partial charge in [-0.15, -0.1) is 0 Å². The van der Waals surface area contributed by atoms with Gasteiger partial charge in [0, 0.05) is 24.8 Å². The number of carbonyl (C=O) groups is 1. The number of amides is 1. The van der Waals surface area contributed by atoms with Crippen molar-refractivity contribution in [2.75, 3.05) is 18.4 Å². The van der Waals surface area contributed by atoms with Crippen molar-refractivity contribution < 1.29 is 4.79 Å². The number of rotatable bonds is 6. The van der Waals surface area contributed by atoms with Crippen LogP contribution in [0.25, 0.3) is 0 Å². The van der Waals surface area contributed by atoms with E-state index in [1.807, 2.05) is 11.8 Å². The van der Waals surface area contributed by atoms with Gasteiger partial charge in [0.25, 0.3) is 5.91 Å². The van der Waals surface area contributed by atoms with Gasteiger partial charge in [0.05, 0.1) is 0 Å². The normalized spacial score (nSPS) is 18.3. The van der Waals surface area contributed by atoms with E-state index in [4.69, 9.17) is 0 Å². The van der Waals surface area contributed by atoms with Crippen LogP contribution in [0.4, 0.5) is 5.95 Å². The van der Waals surface area contributed by atoms with Crippen molar-refractivity contribution in [3.63, 3.8) is 0 Å². The average molecular weight is 318 g/mol. The maximum absolute atomic E-state index is 12.9. The van der Waals surface area contributed by atoms with Crippen molar-refractivity contribution >= 4 is 11.9 Å². The molecule has 1 aromatic rings. The number of carbonyl (C=O) groups excluding carboxylic acids is 1. The third kappa shape index (κ3) is 4.91. The van der Waals surface area contributed by atoms with Crippen LogP contribution < -0.4 is 5.32 Å². The van der Waals surface area contributed by atoms with Crippen LogP contribution in [-0.4, -0.2) is 39.9 Å². The number of aromatic nitrogens is 2. The Morgan fingerprint density at radius 3 is 2.87 bits per heavy atom. The zero-order valence-electron chi connectivity index (χ0n) is 14.9. The van der Waals surface area contributed by atoms with Crippen LogP contribution in [-0.2, 0) is 0 Å². The van der Waals surface area contributed by atoms with Gasteiger partial charge >= 0.3 is 0 Å². The van der Waals surface area contributed by atoms with Gasteiger partial charge in [-0.3, -0.25) is 4.79 Å². The number of likely N-dealkylation sites (tertiary alicyclic amines) is 1. The number of anilines is 1. The Labute approximate surface area is 139 Å². The molecule has 1 aromatic heterocycles. The summed E-state index contributed by atoms with van der Waals surface area (Å²) in [6, 6.07) is 2.15. The van der Waals surface area contributed by atoms with Gasteiger partial charge in [0.1, 0.15) is 5.69 Å². The largest absolute Gasteiger partial charge is 0.354 e. The molecule has 23 heavy (non-hydrogen) atoms. The number of nitrogens with one attached hydrogen (secondary N) is 1. The summed E-state index contributed by atoms with van der Waals surface area (Å²) in [6.07, 6.45) is 5.48. The Kier molecular flexibility index (Phi) is 6.37. The van der Waals surface area contributed by atoms with E-state index in [2.05, 4.69) is 36.1 Å². The van der Waals surface area contributed by atoms with Crippen LogP contribution in [0.15, 0.2) is 6.07 Å². The number of hydrogen-bond donors (Lipinski definition) is 1. The summed E-state index contributed by atoms with van der Waals surface area (Å²) in [7, 11) is 0. The van der Waals surface area contributed by atoms with Crippen LogP contribution in [0.5, 0.6) is 0 Å². The minimum atomic E-state index is 0.0500. The maximum atomic E-state index is 12.9. The molecule has 0 bridgehead atoms. The highest BCUT2D eigenvalue weighted by Gasteiger charge is 2.27. The van der Waals surface area contributed by atoms with E-state index in [9.17, 15) is 4.79 Å². The molecular formula is C18H30N4O. The van der Waals surface area contributed by atoms with Crippen LogP contribution >= 0.6 is 0 Å². The Morgan fingerprint density at radius 2 is 2.17 bits per heavy atom. The summed E-state index contributed by atoms with van der Waals surface area (Å²) < 4.78 is 0. The van der Waals surface area contributed by atoms with Gasteiger partial charge in [-0.05, 0) is 51.0 Å². The van der Waals surface area contributed by atoms with E-state index in [1.54, 1.807) is 6.07 Å². The summed E-state index contributed by atoms with van der Waals surface area (Å²) in [6.45, 7) is 10.1. The van der Waals surface area contributed by atoms with E-state index >= 15 is 0 Å². The fraction of sp³-hybridized carbons (Fsp3) is 0.722. The van der Waals surface area contributed by atoms with E-state index in [1.165, 1.54) is 6.42 Å². The van der Waals surface area contributed by atoms with Gasteiger partial charge in [-0.2, -0.15) is 0 Å². The fourth-order valence-corrected chi connectivity index (χ4v) is 3.07. The molecule has 1 N–H and O–H groups in total. The number of piperidine rings is 1. The lowest BCUT2D eigenvalue weighted by molar-refractivity contribution is 0.0601. The molecule has 1 fully saturated rings. The molecule has 0 aliphatic carbocycles. The van der Waals surface area contributed by atoms with Crippen molar-refractivity contribution in [2.24, 2.45) is 5.92 Å². The highest BCUT2D eigenvalue weighted by Crippen LogP contribution is 2.21. The average Bonchev–Trinajstić information content (AvgIpc) is 2.53. The molecular weight excluding hydrogens is 288 g/mol. The van der Waals surface area contributed by atoms with E-state index < -0.39 is 0 Å². The molecule has 1 atom stereocenters. The van der Waals surface area contributed by atoms with Crippen LogP contribution in [0.1, 0.15) is 69.1 Å². The smallest absolute Gasteiger partial charge is 0.272 e. The second kappa shape index (κ2) is 8.27. The van der Waals surface area contributed by atoms with Crippen molar-refractivity contribution in [1.29, 1.82) is 0 Å². The van der Waals surface area contributed by atoms with Crippen molar-refractivity contribution in [3.05, 3.63) is 17.5 Å². The minimum Gasteiger partial charge on any atom is -0.354 e. The lowest BCUT2D eigenvalue weighted by atomic mass is 9.99. The minimum absolute atomic E-state index is 0.0500. The first-order valence-electron chi connectivity index (χ1n) is 8.91. The predicted molar refractivity (Wildman–Crippen MR) is 93.7 cm³/mol. The topological polar surface area (TPSA) is 58.1 Å². The number of hydrogen-bond acceptors (Lipinski definition) is 4. The first-order valence-corrected chi connectivity index (χ1v) is 8.91. The Hall–Kier alpha value is -1.65. The first kappa shape index (κ1) is 17.7. The molecule has 1 unspecified atom stereocenters.